The molecule has 2 saturated heterocycles. The number of hydrogen-bond donors (Lipinski definition) is 1. The lowest BCUT2D eigenvalue weighted by Gasteiger charge is -2.37. The molecule has 0 saturated carbocycles. The van der Waals surface area contributed by atoms with Crippen LogP contribution >= 0.6 is 0 Å². The van der Waals surface area contributed by atoms with E-state index in [-0.39, 0.29) is 24.4 Å². The average molecular weight is 516 g/mol. The number of rotatable bonds is 12. The minimum atomic E-state index is -0.610. The van der Waals surface area contributed by atoms with Gasteiger partial charge in [0, 0.05) is 57.9 Å². The zero-order chi connectivity index (χ0) is 25.9. The van der Waals surface area contributed by atoms with Gasteiger partial charge in [0.2, 0.25) is 0 Å². The molecule has 202 valence electrons. The summed E-state index contributed by atoms with van der Waals surface area (Å²) in [5.41, 5.74) is 1.53. The Morgan fingerprint density at radius 3 is 2.54 bits per heavy atom. The van der Waals surface area contributed by atoms with Crippen LogP contribution in [0.1, 0.15) is 15.9 Å². The van der Waals surface area contributed by atoms with Gasteiger partial charge in [-0.05, 0) is 29.8 Å². The number of benzene rings is 2. The predicted molar refractivity (Wildman–Crippen MR) is 138 cm³/mol. The van der Waals surface area contributed by atoms with Gasteiger partial charge in [-0.3, -0.25) is 14.6 Å². The molecule has 2 aliphatic rings. The van der Waals surface area contributed by atoms with Crippen molar-refractivity contribution in [3.8, 4) is 0 Å². The van der Waals surface area contributed by atoms with Crippen molar-refractivity contribution in [3.05, 3.63) is 71.5 Å². The monoisotopic (exact) mass is 515 g/mol. The van der Waals surface area contributed by atoms with E-state index < -0.39 is 6.10 Å². The quantitative estimate of drug-likeness (QED) is 0.463. The SMILES string of the molecule is O=C(c1ccc(F)cc1)N(CCN1CCOCC1)CC1CN(CC(O)COCc2ccccc2)CCO1. The maximum atomic E-state index is 13.4. The smallest absolute Gasteiger partial charge is 0.253 e. The molecule has 0 bridgehead atoms. The van der Waals surface area contributed by atoms with E-state index in [0.717, 1.165) is 25.2 Å². The Labute approximate surface area is 218 Å². The molecule has 2 aliphatic heterocycles. The van der Waals surface area contributed by atoms with Crippen LogP contribution in [0.15, 0.2) is 54.6 Å². The molecule has 9 heteroatoms. The number of amides is 1. The summed E-state index contributed by atoms with van der Waals surface area (Å²) in [6, 6.07) is 15.6. The normalized spacial score (nSPS) is 20.0. The second-order valence-corrected chi connectivity index (χ2v) is 9.62. The molecule has 0 spiro atoms. The Kier molecular flexibility index (Phi) is 10.8. The Morgan fingerprint density at radius 1 is 1.05 bits per heavy atom. The Bertz CT molecular complexity index is 943. The summed E-state index contributed by atoms with van der Waals surface area (Å²) in [5.74, 6) is -0.502. The zero-order valence-corrected chi connectivity index (χ0v) is 21.3. The van der Waals surface area contributed by atoms with Crippen LogP contribution in [0.5, 0.6) is 0 Å². The molecule has 37 heavy (non-hydrogen) atoms. The number of nitrogens with zero attached hydrogens (tertiary/aromatic N) is 3. The molecule has 1 amide bonds. The second-order valence-electron chi connectivity index (χ2n) is 9.62. The van der Waals surface area contributed by atoms with Crippen molar-refractivity contribution < 1.29 is 28.5 Å². The maximum absolute atomic E-state index is 13.4. The predicted octanol–water partition coefficient (Wildman–Crippen LogP) is 1.88. The molecule has 0 aliphatic carbocycles. The fraction of sp³-hybridized carbons (Fsp3) is 0.536. The number of aliphatic hydroxyl groups excluding tert-OH is 1. The third kappa shape index (κ3) is 9.14. The van der Waals surface area contributed by atoms with Gasteiger partial charge >= 0.3 is 0 Å². The van der Waals surface area contributed by atoms with Gasteiger partial charge < -0.3 is 24.2 Å². The average Bonchev–Trinajstić information content (AvgIpc) is 2.92. The van der Waals surface area contributed by atoms with Gasteiger partial charge in [-0.25, -0.2) is 4.39 Å². The first-order valence-electron chi connectivity index (χ1n) is 13.1. The molecule has 2 unspecified atom stereocenters. The minimum Gasteiger partial charge on any atom is -0.389 e. The summed E-state index contributed by atoms with van der Waals surface area (Å²) in [5, 5.41) is 10.5. The van der Waals surface area contributed by atoms with E-state index in [4.69, 9.17) is 14.2 Å². The van der Waals surface area contributed by atoms with Crippen LogP contribution < -0.4 is 0 Å². The van der Waals surface area contributed by atoms with Crippen LogP contribution in [0, 0.1) is 5.82 Å². The molecule has 0 radical (unpaired) electrons. The van der Waals surface area contributed by atoms with Crippen molar-refractivity contribution in [3.63, 3.8) is 0 Å². The molecular weight excluding hydrogens is 477 g/mol. The van der Waals surface area contributed by atoms with Crippen LogP contribution in [-0.2, 0) is 20.8 Å². The van der Waals surface area contributed by atoms with Gasteiger partial charge in [-0.2, -0.15) is 0 Å². The number of morpholine rings is 2. The van der Waals surface area contributed by atoms with E-state index in [1.165, 1.54) is 24.3 Å². The van der Waals surface area contributed by atoms with E-state index in [0.29, 0.717) is 64.7 Å². The summed E-state index contributed by atoms with van der Waals surface area (Å²) >= 11 is 0. The van der Waals surface area contributed by atoms with E-state index in [9.17, 15) is 14.3 Å². The molecule has 2 fully saturated rings. The van der Waals surface area contributed by atoms with Crippen LogP contribution in [0.3, 0.4) is 0 Å². The van der Waals surface area contributed by atoms with E-state index in [1.807, 2.05) is 30.3 Å². The number of hydrogen-bond acceptors (Lipinski definition) is 7. The molecule has 2 heterocycles. The summed E-state index contributed by atoms with van der Waals surface area (Å²) in [6.07, 6.45) is -0.791. The highest BCUT2D eigenvalue weighted by Gasteiger charge is 2.27. The number of carbonyl (C=O) groups is 1. The molecule has 0 aromatic heterocycles. The third-order valence-electron chi connectivity index (χ3n) is 6.71. The van der Waals surface area contributed by atoms with Crippen molar-refractivity contribution in [1.82, 2.24) is 14.7 Å². The van der Waals surface area contributed by atoms with Crippen LogP contribution in [0.25, 0.3) is 0 Å². The van der Waals surface area contributed by atoms with Crippen LogP contribution in [0.4, 0.5) is 4.39 Å². The molecule has 1 N–H and O–H groups in total. The molecule has 8 nitrogen and oxygen atoms in total. The van der Waals surface area contributed by atoms with E-state index in [2.05, 4.69) is 9.80 Å². The van der Waals surface area contributed by atoms with Crippen molar-refractivity contribution in [2.45, 2.75) is 18.8 Å². The second kappa shape index (κ2) is 14.5. The van der Waals surface area contributed by atoms with Gasteiger partial charge in [0.05, 0.1) is 45.2 Å². The van der Waals surface area contributed by atoms with Crippen molar-refractivity contribution in [1.29, 1.82) is 0 Å². The van der Waals surface area contributed by atoms with Crippen molar-refractivity contribution in [2.24, 2.45) is 0 Å². The zero-order valence-electron chi connectivity index (χ0n) is 21.3. The first kappa shape index (κ1) is 27.6. The van der Waals surface area contributed by atoms with Crippen LogP contribution in [0.2, 0.25) is 0 Å². The van der Waals surface area contributed by atoms with Gasteiger partial charge in [0.25, 0.3) is 5.91 Å². The molecule has 4 rings (SSSR count). The summed E-state index contributed by atoms with van der Waals surface area (Å²) in [7, 11) is 0. The summed E-state index contributed by atoms with van der Waals surface area (Å²) in [6.45, 7) is 7.86. The van der Waals surface area contributed by atoms with E-state index in [1.54, 1.807) is 4.90 Å². The number of β-amino-alcohol motifs (C(OH)–C–C–N with tert-alkyl or cyclic N) is 1. The molecular formula is C28H38FN3O5. The Morgan fingerprint density at radius 2 is 1.78 bits per heavy atom. The van der Waals surface area contributed by atoms with Gasteiger partial charge in [-0.15, -0.1) is 0 Å². The molecule has 2 atom stereocenters. The van der Waals surface area contributed by atoms with Gasteiger partial charge in [0.1, 0.15) is 5.82 Å². The molecule has 2 aromatic rings. The Balaban J connectivity index is 1.29. The van der Waals surface area contributed by atoms with Gasteiger partial charge in [-0.1, -0.05) is 30.3 Å². The minimum absolute atomic E-state index is 0.136. The number of ether oxygens (including phenoxy) is 3. The summed E-state index contributed by atoms with van der Waals surface area (Å²) < 4.78 is 30.6. The van der Waals surface area contributed by atoms with Crippen LogP contribution in [-0.4, -0.2) is 117 Å². The highest BCUT2D eigenvalue weighted by atomic mass is 19.1. The third-order valence-corrected chi connectivity index (χ3v) is 6.71. The van der Waals surface area contributed by atoms with Crippen molar-refractivity contribution in [2.75, 3.05) is 78.8 Å². The number of aliphatic hydroxyl groups is 1. The Hall–Kier alpha value is -2.40. The lowest BCUT2D eigenvalue weighted by atomic mass is 10.1. The first-order valence-corrected chi connectivity index (χ1v) is 13.1. The maximum Gasteiger partial charge on any atom is 0.253 e. The number of carbonyl (C=O) groups excluding carboxylic acids is 1. The molecule has 2 aromatic carbocycles. The van der Waals surface area contributed by atoms with E-state index >= 15 is 0 Å². The fourth-order valence-corrected chi connectivity index (χ4v) is 4.68. The first-order chi connectivity index (χ1) is 18.1. The van der Waals surface area contributed by atoms with Crippen molar-refractivity contribution >= 4 is 5.91 Å². The lowest BCUT2D eigenvalue weighted by molar-refractivity contribution is -0.0604. The highest BCUT2D eigenvalue weighted by molar-refractivity contribution is 5.94. The number of halogens is 1. The lowest BCUT2D eigenvalue weighted by Crippen LogP contribution is -2.52. The summed E-state index contributed by atoms with van der Waals surface area (Å²) in [4.78, 5) is 19.6. The van der Waals surface area contributed by atoms with Gasteiger partial charge in [0.15, 0.2) is 0 Å². The standard InChI is InChI=1S/C28H38FN3O5/c29-25-8-6-24(7-9-25)28(34)32(11-10-30-12-15-35-16-13-30)20-27-19-31(14-17-37-27)18-26(33)22-36-21-23-4-2-1-3-5-23/h1-9,26-27,33H,10-22H2. The topological polar surface area (TPSA) is 74.7 Å². The largest absolute Gasteiger partial charge is 0.389 e. The highest BCUT2D eigenvalue weighted by Crippen LogP contribution is 2.13. The fourth-order valence-electron chi connectivity index (χ4n) is 4.68.